The predicted octanol–water partition coefficient (Wildman–Crippen LogP) is 1.18. The molecule has 0 aliphatic carbocycles. The standard InChI is InChI=1S/C9H22N2/c1-9(2,3)8(7-10-4)11(5)6/h8,10H,7H2,1-6H3. The van der Waals surface area contributed by atoms with Crippen LogP contribution in [0.15, 0.2) is 0 Å². The molecular formula is C9H22N2. The summed E-state index contributed by atoms with van der Waals surface area (Å²) >= 11 is 0. The first-order chi connectivity index (χ1) is 4.89. The van der Waals surface area contributed by atoms with Gasteiger partial charge in [-0.15, -0.1) is 0 Å². The molecule has 68 valence electrons. The van der Waals surface area contributed by atoms with Crippen molar-refractivity contribution in [2.45, 2.75) is 26.8 Å². The van der Waals surface area contributed by atoms with E-state index in [4.69, 9.17) is 0 Å². The van der Waals surface area contributed by atoms with Crippen molar-refractivity contribution >= 4 is 0 Å². The first-order valence-corrected chi connectivity index (χ1v) is 4.20. The zero-order valence-corrected chi connectivity index (χ0v) is 8.73. The predicted molar refractivity (Wildman–Crippen MR) is 50.9 cm³/mol. The second-order valence-electron chi connectivity index (χ2n) is 4.40. The molecule has 0 radical (unpaired) electrons. The molecule has 2 nitrogen and oxygen atoms in total. The Kier molecular flexibility index (Phi) is 4.04. The molecule has 11 heavy (non-hydrogen) atoms. The van der Waals surface area contributed by atoms with Crippen molar-refractivity contribution in [2.75, 3.05) is 27.7 Å². The molecule has 0 heterocycles. The van der Waals surface area contributed by atoms with E-state index < -0.39 is 0 Å². The largest absolute Gasteiger partial charge is 0.318 e. The summed E-state index contributed by atoms with van der Waals surface area (Å²) in [5.74, 6) is 0. The molecule has 0 saturated carbocycles. The van der Waals surface area contributed by atoms with Gasteiger partial charge < -0.3 is 10.2 Å². The highest BCUT2D eigenvalue weighted by atomic mass is 15.1. The van der Waals surface area contributed by atoms with E-state index in [0.29, 0.717) is 11.5 Å². The van der Waals surface area contributed by atoms with Crippen LogP contribution in [0.1, 0.15) is 20.8 Å². The van der Waals surface area contributed by atoms with Crippen molar-refractivity contribution in [3.8, 4) is 0 Å². The molecule has 0 aromatic rings. The zero-order valence-electron chi connectivity index (χ0n) is 8.73. The van der Waals surface area contributed by atoms with Gasteiger partial charge in [-0.1, -0.05) is 20.8 Å². The van der Waals surface area contributed by atoms with Gasteiger partial charge in [0.2, 0.25) is 0 Å². The third-order valence-electron chi connectivity index (χ3n) is 2.02. The van der Waals surface area contributed by atoms with Gasteiger partial charge in [0.15, 0.2) is 0 Å². The molecule has 0 rings (SSSR count). The summed E-state index contributed by atoms with van der Waals surface area (Å²) in [6.45, 7) is 7.87. The average Bonchev–Trinajstić information content (AvgIpc) is 1.79. The van der Waals surface area contributed by atoms with E-state index in [9.17, 15) is 0 Å². The third-order valence-corrected chi connectivity index (χ3v) is 2.02. The van der Waals surface area contributed by atoms with Gasteiger partial charge in [0.05, 0.1) is 0 Å². The second kappa shape index (κ2) is 4.07. The summed E-state index contributed by atoms with van der Waals surface area (Å²) in [5, 5.41) is 3.21. The highest BCUT2D eigenvalue weighted by Gasteiger charge is 2.25. The Balaban J connectivity index is 4.10. The number of hydrogen-bond donors (Lipinski definition) is 1. The average molecular weight is 158 g/mol. The lowest BCUT2D eigenvalue weighted by Gasteiger charge is -2.35. The van der Waals surface area contributed by atoms with E-state index in [1.54, 1.807) is 0 Å². The summed E-state index contributed by atoms with van der Waals surface area (Å²) in [6, 6.07) is 0.604. The van der Waals surface area contributed by atoms with Crippen LogP contribution in [0, 0.1) is 5.41 Å². The zero-order chi connectivity index (χ0) is 9.07. The van der Waals surface area contributed by atoms with Crippen LogP contribution in [0.2, 0.25) is 0 Å². The monoisotopic (exact) mass is 158 g/mol. The quantitative estimate of drug-likeness (QED) is 0.663. The molecule has 0 fully saturated rings. The summed E-state index contributed by atoms with van der Waals surface area (Å²) in [5.41, 5.74) is 0.354. The normalized spacial score (nSPS) is 15.5. The number of nitrogens with one attached hydrogen (secondary N) is 1. The fraction of sp³-hybridized carbons (Fsp3) is 1.00. The third kappa shape index (κ3) is 3.73. The van der Waals surface area contributed by atoms with Crippen LogP contribution in [0.4, 0.5) is 0 Å². The van der Waals surface area contributed by atoms with Gasteiger partial charge in [-0.3, -0.25) is 0 Å². The summed E-state index contributed by atoms with van der Waals surface area (Å²) in [4.78, 5) is 2.27. The topological polar surface area (TPSA) is 15.3 Å². The first-order valence-electron chi connectivity index (χ1n) is 4.20. The van der Waals surface area contributed by atoms with Crippen molar-refractivity contribution in [1.82, 2.24) is 10.2 Å². The molecule has 0 saturated heterocycles. The van der Waals surface area contributed by atoms with Gasteiger partial charge in [-0.2, -0.15) is 0 Å². The van der Waals surface area contributed by atoms with Crippen molar-refractivity contribution in [1.29, 1.82) is 0 Å². The van der Waals surface area contributed by atoms with Gasteiger partial charge in [0, 0.05) is 12.6 Å². The van der Waals surface area contributed by atoms with Gasteiger partial charge in [-0.05, 0) is 26.6 Å². The lowest BCUT2D eigenvalue weighted by atomic mass is 9.86. The van der Waals surface area contributed by atoms with Crippen LogP contribution in [-0.4, -0.2) is 38.6 Å². The van der Waals surface area contributed by atoms with Gasteiger partial charge >= 0.3 is 0 Å². The lowest BCUT2D eigenvalue weighted by Crippen LogP contribution is -2.45. The van der Waals surface area contributed by atoms with E-state index in [0.717, 1.165) is 6.54 Å². The first kappa shape index (κ1) is 10.9. The summed E-state index contributed by atoms with van der Waals surface area (Å²) < 4.78 is 0. The molecule has 2 heteroatoms. The molecule has 0 aliphatic rings. The maximum atomic E-state index is 3.21. The highest BCUT2D eigenvalue weighted by Crippen LogP contribution is 2.21. The van der Waals surface area contributed by atoms with Crippen LogP contribution in [0.3, 0.4) is 0 Å². The molecule has 0 aliphatic heterocycles. The maximum absolute atomic E-state index is 3.21. The highest BCUT2D eigenvalue weighted by molar-refractivity contribution is 4.81. The van der Waals surface area contributed by atoms with Crippen LogP contribution >= 0.6 is 0 Å². The summed E-state index contributed by atoms with van der Waals surface area (Å²) in [7, 11) is 6.27. The Labute approximate surface area is 71.0 Å². The lowest BCUT2D eigenvalue weighted by molar-refractivity contribution is 0.152. The van der Waals surface area contributed by atoms with E-state index in [1.165, 1.54) is 0 Å². The number of nitrogens with zero attached hydrogens (tertiary/aromatic N) is 1. The minimum atomic E-state index is 0.354. The smallest absolute Gasteiger partial charge is 0.0262 e. The van der Waals surface area contributed by atoms with Crippen LogP contribution in [0.25, 0.3) is 0 Å². The van der Waals surface area contributed by atoms with Crippen LogP contribution in [0.5, 0.6) is 0 Å². The Morgan fingerprint density at radius 1 is 1.27 bits per heavy atom. The fourth-order valence-electron chi connectivity index (χ4n) is 1.46. The molecule has 1 N–H and O–H groups in total. The number of hydrogen-bond acceptors (Lipinski definition) is 2. The molecular weight excluding hydrogens is 136 g/mol. The molecule has 0 aromatic carbocycles. The van der Waals surface area contributed by atoms with Gasteiger partial charge in [-0.25, -0.2) is 0 Å². The van der Waals surface area contributed by atoms with Crippen molar-refractivity contribution < 1.29 is 0 Å². The van der Waals surface area contributed by atoms with Crippen LogP contribution in [-0.2, 0) is 0 Å². The molecule has 1 unspecified atom stereocenters. The summed E-state index contributed by atoms with van der Waals surface area (Å²) in [6.07, 6.45) is 0. The Morgan fingerprint density at radius 3 is 1.82 bits per heavy atom. The molecule has 0 spiro atoms. The van der Waals surface area contributed by atoms with Crippen LogP contribution < -0.4 is 5.32 Å². The SMILES string of the molecule is CNCC(N(C)C)C(C)(C)C. The van der Waals surface area contributed by atoms with E-state index in [-0.39, 0.29) is 0 Å². The molecule has 0 bridgehead atoms. The van der Waals surface area contributed by atoms with Crippen molar-refractivity contribution in [3.05, 3.63) is 0 Å². The minimum absolute atomic E-state index is 0.354. The van der Waals surface area contributed by atoms with E-state index >= 15 is 0 Å². The maximum Gasteiger partial charge on any atom is 0.0262 e. The van der Waals surface area contributed by atoms with Gasteiger partial charge in [0.25, 0.3) is 0 Å². The number of likely N-dealkylation sites (N-methyl/N-ethyl adjacent to an activating group) is 2. The molecule has 1 atom stereocenters. The number of rotatable bonds is 3. The Hall–Kier alpha value is -0.0800. The minimum Gasteiger partial charge on any atom is -0.318 e. The molecule has 0 amide bonds. The fourth-order valence-corrected chi connectivity index (χ4v) is 1.46. The van der Waals surface area contributed by atoms with E-state index in [1.807, 2.05) is 7.05 Å². The van der Waals surface area contributed by atoms with Crippen molar-refractivity contribution in [3.63, 3.8) is 0 Å². The second-order valence-corrected chi connectivity index (χ2v) is 4.40. The van der Waals surface area contributed by atoms with Crippen molar-refractivity contribution in [2.24, 2.45) is 5.41 Å². The van der Waals surface area contributed by atoms with Gasteiger partial charge in [0.1, 0.15) is 0 Å². The van der Waals surface area contributed by atoms with E-state index in [2.05, 4.69) is 45.1 Å². The molecule has 0 aromatic heterocycles. The Morgan fingerprint density at radius 2 is 1.73 bits per heavy atom. The Bertz CT molecular complexity index is 103.